The average Bonchev–Trinajstić information content (AvgIpc) is 2.46. The molecule has 0 unspecified atom stereocenters. The third-order valence-electron chi connectivity index (χ3n) is 2.83. The van der Waals surface area contributed by atoms with Crippen LogP contribution in [-0.2, 0) is 6.54 Å². The Morgan fingerprint density at radius 2 is 1.80 bits per heavy atom. The van der Waals surface area contributed by atoms with Gasteiger partial charge in [-0.15, -0.1) is 0 Å². The molecular formula is C15H15BrClNO2. The van der Waals surface area contributed by atoms with Gasteiger partial charge in [-0.3, -0.25) is 0 Å². The van der Waals surface area contributed by atoms with Crippen LogP contribution in [0.5, 0.6) is 11.5 Å². The maximum Gasteiger partial charge on any atom is 0.179 e. The molecule has 0 amide bonds. The predicted molar refractivity (Wildman–Crippen MR) is 86.0 cm³/mol. The van der Waals surface area contributed by atoms with E-state index < -0.39 is 0 Å². The zero-order valence-electron chi connectivity index (χ0n) is 11.2. The lowest BCUT2D eigenvalue weighted by molar-refractivity contribution is 0.355. The summed E-state index contributed by atoms with van der Waals surface area (Å²) in [6.07, 6.45) is 0. The minimum absolute atomic E-state index is 0.541. The van der Waals surface area contributed by atoms with Gasteiger partial charge in [0.1, 0.15) is 0 Å². The Morgan fingerprint density at radius 3 is 2.40 bits per heavy atom. The molecule has 0 fully saturated rings. The van der Waals surface area contributed by atoms with Crippen molar-refractivity contribution in [2.24, 2.45) is 0 Å². The van der Waals surface area contributed by atoms with E-state index in [-0.39, 0.29) is 0 Å². The molecule has 3 nitrogen and oxygen atoms in total. The normalized spacial score (nSPS) is 10.2. The van der Waals surface area contributed by atoms with Crippen LogP contribution in [0.15, 0.2) is 40.9 Å². The van der Waals surface area contributed by atoms with Crippen LogP contribution < -0.4 is 14.8 Å². The molecule has 0 saturated heterocycles. The highest BCUT2D eigenvalue weighted by Gasteiger charge is 2.10. The van der Waals surface area contributed by atoms with Gasteiger partial charge in [0.05, 0.1) is 19.2 Å². The van der Waals surface area contributed by atoms with E-state index in [0.717, 1.165) is 15.7 Å². The zero-order valence-corrected chi connectivity index (χ0v) is 13.6. The minimum Gasteiger partial charge on any atom is -0.493 e. The molecule has 106 valence electrons. The van der Waals surface area contributed by atoms with Crippen LogP contribution in [0.25, 0.3) is 0 Å². The SMILES string of the molecule is COc1cc(CNc2ccc(Br)cc2)cc(Cl)c1OC. The first-order valence-corrected chi connectivity index (χ1v) is 7.21. The smallest absolute Gasteiger partial charge is 0.179 e. The third kappa shape index (κ3) is 3.58. The van der Waals surface area contributed by atoms with Crippen molar-refractivity contribution in [2.75, 3.05) is 19.5 Å². The molecule has 0 heterocycles. The highest BCUT2D eigenvalue weighted by Crippen LogP contribution is 2.36. The first-order chi connectivity index (χ1) is 9.63. The molecule has 1 N–H and O–H groups in total. The Hall–Kier alpha value is -1.39. The van der Waals surface area contributed by atoms with Gasteiger partial charge in [-0.05, 0) is 42.0 Å². The van der Waals surface area contributed by atoms with Crippen molar-refractivity contribution in [3.05, 3.63) is 51.5 Å². The number of hydrogen-bond donors (Lipinski definition) is 1. The van der Waals surface area contributed by atoms with Crippen LogP contribution >= 0.6 is 27.5 Å². The van der Waals surface area contributed by atoms with Crippen molar-refractivity contribution in [1.82, 2.24) is 0 Å². The fourth-order valence-electron chi connectivity index (χ4n) is 1.85. The fourth-order valence-corrected chi connectivity index (χ4v) is 2.42. The maximum atomic E-state index is 6.18. The van der Waals surface area contributed by atoms with Crippen molar-refractivity contribution < 1.29 is 9.47 Å². The molecule has 0 aliphatic carbocycles. The van der Waals surface area contributed by atoms with Gasteiger partial charge >= 0.3 is 0 Å². The molecule has 0 atom stereocenters. The zero-order chi connectivity index (χ0) is 14.5. The van der Waals surface area contributed by atoms with E-state index in [4.69, 9.17) is 21.1 Å². The topological polar surface area (TPSA) is 30.5 Å². The number of ether oxygens (including phenoxy) is 2. The van der Waals surface area contributed by atoms with Crippen molar-refractivity contribution in [3.8, 4) is 11.5 Å². The molecule has 2 rings (SSSR count). The summed E-state index contributed by atoms with van der Waals surface area (Å²) in [6, 6.07) is 11.8. The second-order valence-corrected chi connectivity index (χ2v) is 5.50. The van der Waals surface area contributed by atoms with Crippen molar-refractivity contribution in [3.63, 3.8) is 0 Å². The first-order valence-electron chi connectivity index (χ1n) is 6.04. The first kappa shape index (κ1) is 15.0. The van der Waals surface area contributed by atoms with E-state index in [1.807, 2.05) is 36.4 Å². The third-order valence-corrected chi connectivity index (χ3v) is 3.64. The molecule has 20 heavy (non-hydrogen) atoms. The Balaban J connectivity index is 2.13. The van der Waals surface area contributed by atoms with E-state index in [0.29, 0.717) is 23.1 Å². The fraction of sp³-hybridized carbons (Fsp3) is 0.200. The second-order valence-electron chi connectivity index (χ2n) is 4.17. The van der Waals surface area contributed by atoms with Crippen LogP contribution in [0.2, 0.25) is 5.02 Å². The number of rotatable bonds is 5. The molecule has 2 aromatic rings. The van der Waals surface area contributed by atoms with Gasteiger partial charge in [-0.1, -0.05) is 27.5 Å². The number of benzene rings is 2. The highest BCUT2D eigenvalue weighted by atomic mass is 79.9. The Bertz CT molecular complexity index is 587. The highest BCUT2D eigenvalue weighted by molar-refractivity contribution is 9.10. The number of methoxy groups -OCH3 is 2. The molecule has 2 aromatic carbocycles. The Labute approximate surface area is 132 Å². The molecular weight excluding hydrogens is 342 g/mol. The summed E-state index contributed by atoms with van der Waals surface area (Å²) in [5, 5.41) is 3.87. The number of hydrogen-bond acceptors (Lipinski definition) is 3. The Morgan fingerprint density at radius 1 is 1.10 bits per heavy atom. The van der Waals surface area contributed by atoms with Crippen LogP contribution in [0.1, 0.15) is 5.56 Å². The molecule has 0 aromatic heterocycles. The van der Waals surface area contributed by atoms with Crippen molar-refractivity contribution in [2.45, 2.75) is 6.54 Å². The monoisotopic (exact) mass is 355 g/mol. The molecule has 0 radical (unpaired) electrons. The van der Waals surface area contributed by atoms with Crippen LogP contribution in [0, 0.1) is 0 Å². The van der Waals surface area contributed by atoms with Gasteiger partial charge in [0.2, 0.25) is 0 Å². The number of nitrogens with one attached hydrogen (secondary N) is 1. The molecule has 5 heteroatoms. The summed E-state index contributed by atoms with van der Waals surface area (Å²) in [5.41, 5.74) is 2.06. The molecule has 0 aliphatic heterocycles. The molecule has 0 bridgehead atoms. The standard InChI is InChI=1S/C15H15BrClNO2/c1-19-14-8-10(7-13(17)15(14)20-2)9-18-12-5-3-11(16)4-6-12/h3-8,18H,9H2,1-2H3. The average molecular weight is 357 g/mol. The van der Waals surface area contributed by atoms with E-state index in [2.05, 4.69) is 21.2 Å². The minimum atomic E-state index is 0.541. The van der Waals surface area contributed by atoms with Gasteiger partial charge < -0.3 is 14.8 Å². The van der Waals surface area contributed by atoms with Gasteiger partial charge in [0.15, 0.2) is 11.5 Å². The van der Waals surface area contributed by atoms with Gasteiger partial charge in [-0.2, -0.15) is 0 Å². The summed E-state index contributed by atoms with van der Waals surface area (Å²) < 4.78 is 11.6. The molecule has 0 saturated carbocycles. The van der Waals surface area contributed by atoms with Crippen molar-refractivity contribution >= 4 is 33.2 Å². The molecule has 0 aliphatic rings. The van der Waals surface area contributed by atoms with Crippen molar-refractivity contribution in [1.29, 1.82) is 0 Å². The lowest BCUT2D eigenvalue weighted by Gasteiger charge is -2.12. The largest absolute Gasteiger partial charge is 0.493 e. The second kappa shape index (κ2) is 6.86. The maximum absolute atomic E-state index is 6.18. The van der Waals surface area contributed by atoms with Gasteiger partial charge in [0.25, 0.3) is 0 Å². The van der Waals surface area contributed by atoms with Crippen LogP contribution in [0.4, 0.5) is 5.69 Å². The summed E-state index contributed by atoms with van der Waals surface area (Å²) in [6.45, 7) is 0.654. The van der Waals surface area contributed by atoms with Crippen LogP contribution in [0.3, 0.4) is 0 Å². The summed E-state index contributed by atoms with van der Waals surface area (Å²) >= 11 is 9.59. The molecule has 0 spiro atoms. The Kier molecular flexibility index (Phi) is 5.15. The number of anilines is 1. The van der Waals surface area contributed by atoms with E-state index >= 15 is 0 Å². The van der Waals surface area contributed by atoms with Crippen LogP contribution in [-0.4, -0.2) is 14.2 Å². The summed E-state index contributed by atoms with van der Waals surface area (Å²) in [5.74, 6) is 1.19. The van der Waals surface area contributed by atoms with E-state index in [9.17, 15) is 0 Å². The van der Waals surface area contributed by atoms with E-state index in [1.54, 1.807) is 14.2 Å². The van der Waals surface area contributed by atoms with Gasteiger partial charge in [0, 0.05) is 16.7 Å². The number of halogens is 2. The summed E-state index contributed by atoms with van der Waals surface area (Å²) in [4.78, 5) is 0. The quantitative estimate of drug-likeness (QED) is 0.840. The predicted octanol–water partition coefficient (Wildman–Crippen LogP) is 4.73. The van der Waals surface area contributed by atoms with E-state index in [1.165, 1.54) is 0 Å². The van der Waals surface area contributed by atoms with Gasteiger partial charge in [-0.25, -0.2) is 0 Å². The summed E-state index contributed by atoms with van der Waals surface area (Å²) in [7, 11) is 3.17. The lowest BCUT2D eigenvalue weighted by atomic mass is 10.2. The lowest BCUT2D eigenvalue weighted by Crippen LogP contribution is -2.01.